The zero-order chi connectivity index (χ0) is 13.1. The first kappa shape index (κ1) is 13.5. The van der Waals surface area contributed by atoms with E-state index in [-0.39, 0.29) is 0 Å². The second-order valence-electron chi connectivity index (χ2n) is 5.40. The summed E-state index contributed by atoms with van der Waals surface area (Å²) in [6.45, 7) is 7.56. The molecule has 0 N–H and O–H groups in total. The fourth-order valence-electron chi connectivity index (χ4n) is 3.26. The molecule has 2 radical (unpaired) electrons. The summed E-state index contributed by atoms with van der Waals surface area (Å²) in [5.41, 5.74) is 3.78. The van der Waals surface area contributed by atoms with Crippen molar-refractivity contribution < 1.29 is 0 Å². The average molecular weight is 241 g/mol. The molecule has 1 aromatic carbocycles. The zero-order valence-electron chi connectivity index (χ0n) is 11.9. The van der Waals surface area contributed by atoms with Gasteiger partial charge in [-0.3, -0.25) is 0 Å². The molecule has 0 bridgehead atoms. The molecule has 18 heavy (non-hydrogen) atoms. The fraction of sp³-hybridized carbons (Fsp3) is 0.625. The predicted octanol–water partition coefficient (Wildman–Crippen LogP) is 3.06. The average Bonchev–Trinajstić information content (AvgIpc) is 2.97. The molecule has 2 atom stereocenters. The van der Waals surface area contributed by atoms with Gasteiger partial charge in [-0.25, -0.2) is 0 Å². The molecular weight excluding hydrogens is 217 g/mol. The summed E-state index contributed by atoms with van der Waals surface area (Å²) in [5, 5.41) is 0. The Bertz CT molecular complexity index is 402. The number of hydrogen-bond acceptors (Lipinski definition) is 1. The van der Waals surface area contributed by atoms with E-state index in [4.69, 9.17) is 7.85 Å². The summed E-state index contributed by atoms with van der Waals surface area (Å²) in [5.74, 6) is 0.898. The van der Waals surface area contributed by atoms with E-state index in [0.717, 1.165) is 17.4 Å². The van der Waals surface area contributed by atoms with E-state index in [9.17, 15) is 0 Å². The van der Waals surface area contributed by atoms with E-state index >= 15 is 0 Å². The highest BCUT2D eigenvalue weighted by molar-refractivity contribution is 6.32. The van der Waals surface area contributed by atoms with E-state index in [1.54, 1.807) is 0 Å². The van der Waals surface area contributed by atoms with Crippen molar-refractivity contribution in [1.29, 1.82) is 0 Å². The van der Waals surface area contributed by atoms with E-state index in [0.29, 0.717) is 0 Å². The Morgan fingerprint density at radius 2 is 2.00 bits per heavy atom. The zero-order valence-corrected chi connectivity index (χ0v) is 11.9. The van der Waals surface area contributed by atoms with Gasteiger partial charge in [-0.05, 0) is 43.2 Å². The molecule has 3 rings (SSSR count). The number of hydrogen-bond donors (Lipinski definition) is 0. The Morgan fingerprint density at radius 1 is 1.22 bits per heavy atom. The SMILES string of the molecule is CC.[B]c1ccc2c(c1)N(C1CCC(C)C1)CC2. The van der Waals surface area contributed by atoms with Crippen LogP contribution in [0.5, 0.6) is 0 Å². The van der Waals surface area contributed by atoms with Gasteiger partial charge in [0, 0.05) is 18.3 Å². The molecule has 1 saturated carbocycles. The van der Waals surface area contributed by atoms with Gasteiger partial charge in [0.25, 0.3) is 0 Å². The maximum Gasteiger partial charge on any atom is 0.113 e. The minimum Gasteiger partial charge on any atom is -0.368 e. The third-order valence-corrected chi connectivity index (χ3v) is 4.15. The van der Waals surface area contributed by atoms with E-state index in [1.807, 2.05) is 19.9 Å². The van der Waals surface area contributed by atoms with Crippen molar-refractivity contribution >= 4 is 19.0 Å². The first-order valence-electron chi connectivity index (χ1n) is 7.39. The second-order valence-corrected chi connectivity index (χ2v) is 5.40. The minimum absolute atomic E-state index is 0.762. The van der Waals surface area contributed by atoms with Gasteiger partial charge in [0.2, 0.25) is 0 Å². The highest BCUT2D eigenvalue weighted by Gasteiger charge is 2.30. The molecule has 1 heterocycles. The number of rotatable bonds is 1. The van der Waals surface area contributed by atoms with Crippen LogP contribution in [-0.4, -0.2) is 20.4 Å². The third kappa shape index (κ3) is 2.58. The Kier molecular flexibility index (Phi) is 4.37. The quantitative estimate of drug-likeness (QED) is 0.683. The molecule has 1 aliphatic carbocycles. The molecule has 0 aromatic heterocycles. The summed E-state index contributed by atoms with van der Waals surface area (Å²) < 4.78 is 0. The first-order chi connectivity index (χ1) is 8.74. The molecular formula is C16H24BN. The van der Waals surface area contributed by atoms with Gasteiger partial charge in [0.05, 0.1) is 0 Å². The fourth-order valence-corrected chi connectivity index (χ4v) is 3.26. The van der Waals surface area contributed by atoms with Crippen molar-refractivity contribution in [2.75, 3.05) is 11.4 Å². The van der Waals surface area contributed by atoms with E-state index in [2.05, 4.69) is 24.0 Å². The summed E-state index contributed by atoms with van der Waals surface area (Å²) in [6.07, 6.45) is 5.29. The Labute approximate surface area is 113 Å². The lowest BCUT2D eigenvalue weighted by atomic mass is 9.94. The second kappa shape index (κ2) is 5.82. The topological polar surface area (TPSA) is 3.24 Å². The minimum atomic E-state index is 0.762. The summed E-state index contributed by atoms with van der Waals surface area (Å²) >= 11 is 0. The highest BCUT2D eigenvalue weighted by Crippen LogP contribution is 2.36. The van der Waals surface area contributed by atoms with Crippen LogP contribution >= 0.6 is 0 Å². The normalized spacial score (nSPS) is 25.6. The van der Waals surface area contributed by atoms with Crippen LogP contribution < -0.4 is 10.4 Å². The summed E-state index contributed by atoms with van der Waals surface area (Å²) in [6, 6.07) is 7.14. The number of fused-ring (bicyclic) bond motifs is 1. The van der Waals surface area contributed by atoms with Gasteiger partial charge in [0.15, 0.2) is 0 Å². The van der Waals surface area contributed by atoms with E-state index < -0.39 is 0 Å². The number of benzene rings is 1. The summed E-state index contributed by atoms with van der Waals surface area (Å²) in [4.78, 5) is 2.59. The Morgan fingerprint density at radius 3 is 2.67 bits per heavy atom. The highest BCUT2D eigenvalue weighted by atomic mass is 15.2. The maximum absolute atomic E-state index is 5.89. The Hall–Kier alpha value is -0.915. The number of nitrogens with zero attached hydrogens (tertiary/aromatic N) is 1. The van der Waals surface area contributed by atoms with Gasteiger partial charge in [0.1, 0.15) is 7.85 Å². The van der Waals surface area contributed by atoms with Crippen LogP contribution in [0.3, 0.4) is 0 Å². The molecule has 1 nitrogen and oxygen atoms in total. The number of anilines is 1. The smallest absolute Gasteiger partial charge is 0.113 e. The molecule has 0 saturated heterocycles. The van der Waals surface area contributed by atoms with Crippen molar-refractivity contribution in [3.05, 3.63) is 23.8 Å². The summed E-state index contributed by atoms with van der Waals surface area (Å²) in [7, 11) is 5.89. The maximum atomic E-state index is 5.89. The van der Waals surface area contributed by atoms with Gasteiger partial charge in [-0.1, -0.05) is 38.4 Å². The van der Waals surface area contributed by atoms with Crippen molar-refractivity contribution in [3.8, 4) is 0 Å². The molecule has 1 aliphatic heterocycles. The van der Waals surface area contributed by atoms with E-state index in [1.165, 1.54) is 43.5 Å². The molecule has 0 amide bonds. The lowest BCUT2D eigenvalue weighted by molar-refractivity contribution is 0.571. The van der Waals surface area contributed by atoms with Crippen molar-refractivity contribution in [2.24, 2.45) is 5.92 Å². The van der Waals surface area contributed by atoms with Gasteiger partial charge in [-0.15, -0.1) is 0 Å². The Balaban J connectivity index is 0.000000574. The van der Waals surface area contributed by atoms with Crippen LogP contribution in [0.1, 0.15) is 45.6 Å². The standard InChI is InChI=1S/C14H18BN.C2H6/c1-10-2-5-13(8-10)16-7-6-11-3-4-12(15)9-14(11)16;1-2/h3-4,9-10,13H,2,5-8H2,1H3;1-2H3. The molecule has 2 aliphatic rings. The van der Waals surface area contributed by atoms with Crippen LogP contribution in [-0.2, 0) is 6.42 Å². The molecule has 96 valence electrons. The van der Waals surface area contributed by atoms with Gasteiger partial charge in [-0.2, -0.15) is 0 Å². The first-order valence-corrected chi connectivity index (χ1v) is 7.39. The van der Waals surface area contributed by atoms with Crippen LogP contribution in [0.4, 0.5) is 5.69 Å². The van der Waals surface area contributed by atoms with Crippen LogP contribution in [0.25, 0.3) is 0 Å². The lowest BCUT2D eigenvalue weighted by Crippen LogP contribution is -2.32. The predicted molar refractivity (Wildman–Crippen MR) is 81.0 cm³/mol. The van der Waals surface area contributed by atoms with Crippen molar-refractivity contribution in [3.63, 3.8) is 0 Å². The largest absolute Gasteiger partial charge is 0.368 e. The molecule has 1 aromatic rings. The van der Waals surface area contributed by atoms with Crippen LogP contribution in [0.2, 0.25) is 0 Å². The van der Waals surface area contributed by atoms with Crippen LogP contribution in [0.15, 0.2) is 18.2 Å². The van der Waals surface area contributed by atoms with Crippen LogP contribution in [0, 0.1) is 5.92 Å². The molecule has 1 fully saturated rings. The third-order valence-electron chi connectivity index (χ3n) is 4.15. The van der Waals surface area contributed by atoms with Crippen molar-refractivity contribution in [2.45, 2.75) is 52.5 Å². The van der Waals surface area contributed by atoms with Gasteiger partial charge < -0.3 is 4.90 Å². The monoisotopic (exact) mass is 241 g/mol. The molecule has 0 spiro atoms. The van der Waals surface area contributed by atoms with Gasteiger partial charge >= 0.3 is 0 Å². The molecule has 2 heteroatoms. The molecule has 2 unspecified atom stereocenters. The lowest BCUT2D eigenvalue weighted by Gasteiger charge is -2.27. The van der Waals surface area contributed by atoms with Crippen molar-refractivity contribution in [1.82, 2.24) is 0 Å².